The molecule has 1 aromatic rings. The van der Waals surface area contributed by atoms with E-state index in [-0.39, 0.29) is 5.97 Å². The summed E-state index contributed by atoms with van der Waals surface area (Å²) in [6.07, 6.45) is 1.70. The minimum atomic E-state index is -0.334. The topological polar surface area (TPSA) is 54.5 Å². The van der Waals surface area contributed by atoms with Gasteiger partial charge in [0.1, 0.15) is 11.4 Å². The second-order valence-corrected chi connectivity index (χ2v) is 4.11. The Morgan fingerprint density at radius 3 is 3.18 bits per heavy atom. The van der Waals surface area contributed by atoms with Crippen LogP contribution in [0, 0.1) is 0 Å². The lowest BCUT2D eigenvalue weighted by Crippen LogP contribution is -2.50. The zero-order chi connectivity index (χ0) is 12.3. The molecule has 0 radical (unpaired) electrons. The van der Waals surface area contributed by atoms with E-state index in [4.69, 9.17) is 4.74 Å². The third kappa shape index (κ3) is 2.39. The van der Waals surface area contributed by atoms with Gasteiger partial charge in [-0.2, -0.15) is 0 Å². The van der Waals surface area contributed by atoms with Crippen molar-refractivity contribution in [2.75, 3.05) is 31.6 Å². The Hall–Kier alpha value is -1.62. The number of esters is 1. The van der Waals surface area contributed by atoms with Crippen LogP contribution in [0.4, 0.5) is 5.82 Å². The predicted octanol–water partition coefficient (Wildman–Crippen LogP) is 0.666. The van der Waals surface area contributed by atoms with E-state index < -0.39 is 0 Å². The first kappa shape index (κ1) is 11.9. The average molecular weight is 235 g/mol. The van der Waals surface area contributed by atoms with Crippen LogP contribution < -0.4 is 10.2 Å². The molecule has 5 nitrogen and oxygen atoms in total. The Labute approximate surface area is 101 Å². The number of carbonyl (C=O) groups excluding carboxylic acids is 1. The molecule has 5 heteroatoms. The number of carbonyl (C=O) groups is 1. The minimum absolute atomic E-state index is 0.321. The van der Waals surface area contributed by atoms with Crippen molar-refractivity contribution in [1.82, 2.24) is 10.3 Å². The lowest BCUT2D eigenvalue weighted by Gasteiger charge is -2.35. The van der Waals surface area contributed by atoms with E-state index in [1.54, 1.807) is 18.3 Å². The maximum atomic E-state index is 11.7. The average Bonchev–Trinajstić information content (AvgIpc) is 2.38. The SMILES string of the molecule is COC(=O)c1cccnc1N1CCNCC1C. The molecule has 17 heavy (non-hydrogen) atoms. The number of aromatic nitrogens is 1. The normalized spacial score (nSPS) is 20.1. The van der Waals surface area contributed by atoms with Crippen molar-refractivity contribution in [3.8, 4) is 0 Å². The van der Waals surface area contributed by atoms with Crippen molar-refractivity contribution in [2.24, 2.45) is 0 Å². The Morgan fingerprint density at radius 2 is 2.47 bits per heavy atom. The molecule has 1 N–H and O–H groups in total. The molecule has 1 aliphatic rings. The molecule has 0 saturated carbocycles. The van der Waals surface area contributed by atoms with E-state index in [0.29, 0.717) is 17.4 Å². The van der Waals surface area contributed by atoms with Crippen LogP contribution in [0.25, 0.3) is 0 Å². The van der Waals surface area contributed by atoms with E-state index >= 15 is 0 Å². The Bertz CT molecular complexity index is 408. The molecule has 0 bridgehead atoms. The van der Waals surface area contributed by atoms with Crippen LogP contribution in [-0.4, -0.2) is 43.7 Å². The van der Waals surface area contributed by atoms with Gasteiger partial charge in [0.15, 0.2) is 0 Å². The van der Waals surface area contributed by atoms with Gasteiger partial charge < -0.3 is 15.0 Å². The molecule has 1 aliphatic heterocycles. The molecular formula is C12H17N3O2. The van der Waals surface area contributed by atoms with Gasteiger partial charge in [0.25, 0.3) is 0 Å². The van der Waals surface area contributed by atoms with Gasteiger partial charge in [-0.15, -0.1) is 0 Å². The summed E-state index contributed by atoms with van der Waals surface area (Å²) in [5.41, 5.74) is 0.531. The highest BCUT2D eigenvalue weighted by Gasteiger charge is 2.24. The summed E-state index contributed by atoms with van der Waals surface area (Å²) in [6, 6.07) is 3.83. The Kier molecular flexibility index (Phi) is 3.58. The molecular weight excluding hydrogens is 218 g/mol. The van der Waals surface area contributed by atoms with Gasteiger partial charge in [0, 0.05) is 31.9 Å². The molecule has 92 valence electrons. The smallest absolute Gasteiger partial charge is 0.341 e. The van der Waals surface area contributed by atoms with Gasteiger partial charge in [0.2, 0.25) is 0 Å². The lowest BCUT2D eigenvalue weighted by molar-refractivity contribution is 0.0601. The van der Waals surface area contributed by atoms with Gasteiger partial charge in [-0.1, -0.05) is 0 Å². The fourth-order valence-corrected chi connectivity index (χ4v) is 2.05. The maximum Gasteiger partial charge on any atom is 0.341 e. The number of rotatable bonds is 2. The highest BCUT2D eigenvalue weighted by atomic mass is 16.5. The molecule has 1 atom stereocenters. The van der Waals surface area contributed by atoms with Crippen LogP contribution in [0.3, 0.4) is 0 Å². The molecule has 2 rings (SSSR count). The van der Waals surface area contributed by atoms with Crippen LogP contribution in [0.2, 0.25) is 0 Å². The van der Waals surface area contributed by atoms with E-state index in [1.165, 1.54) is 7.11 Å². The maximum absolute atomic E-state index is 11.7. The second kappa shape index (κ2) is 5.14. The predicted molar refractivity (Wildman–Crippen MR) is 65.3 cm³/mol. The van der Waals surface area contributed by atoms with Gasteiger partial charge in [-0.25, -0.2) is 9.78 Å². The monoisotopic (exact) mass is 235 g/mol. The summed E-state index contributed by atoms with van der Waals surface area (Å²) in [5.74, 6) is 0.382. The Morgan fingerprint density at radius 1 is 1.65 bits per heavy atom. The van der Waals surface area contributed by atoms with Crippen LogP contribution in [0.5, 0.6) is 0 Å². The molecule has 1 unspecified atom stereocenters. The molecule has 1 fully saturated rings. The van der Waals surface area contributed by atoms with E-state index in [1.807, 2.05) is 0 Å². The second-order valence-electron chi connectivity index (χ2n) is 4.11. The Balaban J connectivity index is 2.33. The van der Waals surface area contributed by atoms with Gasteiger partial charge in [-0.05, 0) is 19.1 Å². The van der Waals surface area contributed by atoms with Crippen molar-refractivity contribution < 1.29 is 9.53 Å². The van der Waals surface area contributed by atoms with E-state index in [0.717, 1.165) is 19.6 Å². The molecule has 0 aromatic carbocycles. The van der Waals surface area contributed by atoms with Gasteiger partial charge in [0.05, 0.1) is 7.11 Å². The first-order valence-corrected chi connectivity index (χ1v) is 5.74. The van der Waals surface area contributed by atoms with Crippen LogP contribution in [-0.2, 0) is 4.74 Å². The van der Waals surface area contributed by atoms with Crippen molar-refractivity contribution in [2.45, 2.75) is 13.0 Å². The van der Waals surface area contributed by atoms with E-state index in [9.17, 15) is 4.79 Å². The zero-order valence-corrected chi connectivity index (χ0v) is 10.1. The van der Waals surface area contributed by atoms with Crippen LogP contribution >= 0.6 is 0 Å². The molecule has 1 saturated heterocycles. The van der Waals surface area contributed by atoms with Crippen LogP contribution in [0.1, 0.15) is 17.3 Å². The largest absolute Gasteiger partial charge is 0.465 e. The van der Waals surface area contributed by atoms with E-state index in [2.05, 4.69) is 22.1 Å². The molecule has 0 aliphatic carbocycles. The number of pyridine rings is 1. The van der Waals surface area contributed by atoms with Gasteiger partial charge in [-0.3, -0.25) is 0 Å². The quantitative estimate of drug-likeness (QED) is 0.763. The third-order valence-electron chi connectivity index (χ3n) is 2.97. The number of piperazine rings is 1. The number of hydrogen-bond acceptors (Lipinski definition) is 5. The fourth-order valence-electron chi connectivity index (χ4n) is 2.05. The van der Waals surface area contributed by atoms with Crippen molar-refractivity contribution >= 4 is 11.8 Å². The van der Waals surface area contributed by atoms with Gasteiger partial charge >= 0.3 is 5.97 Å². The first-order chi connectivity index (χ1) is 8.24. The first-order valence-electron chi connectivity index (χ1n) is 5.74. The summed E-state index contributed by atoms with van der Waals surface area (Å²) in [4.78, 5) is 18.1. The standard InChI is InChI=1S/C12H17N3O2/c1-9-8-13-6-7-15(9)11-10(12(16)17-2)4-3-5-14-11/h3-5,9,13H,6-8H2,1-2H3. The minimum Gasteiger partial charge on any atom is -0.465 e. The molecule has 0 spiro atoms. The number of hydrogen-bond donors (Lipinski definition) is 1. The number of nitrogens with one attached hydrogen (secondary N) is 1. The summed E-state index contributed by atoms with van der Waals surface area (Å²) in [7, 11) is 1.39. The number of methoxy groups -OCH3 is 1. The van der Waals surface area contributed by atoms with Crippen molar-refractivity contribution in [1.29, 1.82) is 0 Å². The van der Waals surface area contributed by atoms with Crippen molar-refractivity contribution in [3.63, 3.8) is 0 Å². The third-order valence-corrected chi connectivity index (χ3v) is 2.97. The highest BCUT2D eigenvalue weighted by molar-refractivity contribution is 5.94. The zero-order valence-electron chi connectivity index (χ0n) is 10.1. The number of ether oxygens (including phenoxy) is 1. The molecule has 1 aromatic heterocycles. The highest BCUT2D eigenvalue weighted by Crippen LogP contribution is 2.21. The fraction of sp³-hybridized carbons (Fsp3) is 0.500. The lowest BCUT2D eigenvalue weighted by atomic mass is 10.1. The van der Waals surface area contributed by atoms with Crippen LogP contribution in [0.15, 0.2) is 18.3 Å². The summed E-state index contributed by atoms with van der Waals surface area (Å²) in [5, 5.41) is 3.31. The number of nitrogens with zero attached hydrogens (tertiary/aromatic N) is 2. The molecule has 2 heterocycles. The summed E-state index contributed by atoms with van der Waals surface area (Å²) in [6.45, 7) is 4.77. The summed E-state index contributed by atoms with van der Waals surface area (Å²) < 4.78 is 4.78. The number of anilines is 1. The molecule has 0 amide bonds. The van der Waals surface area contributed by atoms with Crippen molar-refractivity contribution in [3.05, 3.63) is 23.9 Å². The summed E-state index contributed by atoms with van der Waals surface area (Å²) >= 11 is 0.